The number of rotatable bonds is 5. The second-order valence-electron chi connectivity index (χ2n) is 4.50. The molecule has 1 heterocycles. The van der Waals surface area contributed by atoms with Gasteiger partial charge in [-0.25, -0.2) is 9.78 Å². The second kappa shape index (κ2) is 8.14. The lowest BCUT2D eigenvalue weighted by Crippen LogP contribution is -2.41. The van der Waals surface area contributed by atoms with Gasteiger partial charge in [0.1, 0.15) is 5.25 Å². The quantitative estimate of drug-likeness (QED) is 0.568. The molecule has 0 saturated heterocycles. The number of aromatic nitrogens is 2. The highest BCUT2D eigenvalue weighted by atomic mass is 32.2. The van der Waals surface area contributed by atoms with E-state index in [2.05, 4.69) is 20.6 Å². The molecule has 8 heteroatoms. The molecule has 7 nitrogen and oxygen atoms in total. The number of hydrogen-bond donors (Lipinski definition) is 3. The molecule has 0 aliphatic heterocycles. The largest absolute Gasteiger partial charge is 0.338 e. The Labute approximate surface area is 136 Å². The molecule has 0 aliphatic carbocycles. The minimum Gasteiger partial charge on any atom is -0.338 e. The third-order valence-electron chi connectivity index (χ3n) is 2.79. The molecule has 0 radical (unpaired) electrons. The van der Waals surface area contributed by atoms with E-state index in [1.165, 1.54) is 12.3 Å². The third kappa shape index (κ3) is 4.96. The molecular weight excluding hydrogens is 316 g/mol. The van der Waals surface area contributed by atoms with E-state index in [9.17, 15) is 14.4 Å². The van der Waals surface area contributed by atoms with E-state index in [0.717, 1.165) is 11.8 Å². The van der Waals surface area contributed by atoms with Crippen molar-refractivity contribution in [2.45, 2.75) is 17.3 Å². The van der Waals surface area contributed by atoms with Crippen molar-refractivity contribution >= 4 is 23.7 Å². The lowest BCUT2D eigenvalue weighted by Gasteiger charge is -2.15. The Balaban J connectivity index is 2.23. The summed E-state index contributed by atoms with van der Waals surface area (Å²) in [6.07, 6.45) is 1.37. The Kier molecular flexibility index (Phi) is 5.93. The minimum atomic E-state index is -0.718. The van der Waals surface area contributed by atoms with Crippen LogP contribution in [-0.2, 0) is 4.79 Å². The summed E-state index contributed by atoms with van der Waals surface area (Å²) in [5.41, 5.74) is 0.393. The number of H-pyrrole nitrogens is 1. The first-order valence-corrected chi connectivity index (χ1v) is 7.83. The molecule has 2 aromatic rings. The number of aromatic amines is 1. The van der Waals surface area contributed by atoms with Crippen LogP contribution in [0.15, 0.2) is 52.5 Å². The molecule has 0 unspecified atom stereocenters. The van der Waals surface area contributed by atoms with Crippen molar-refractivity contribution in [1.82, 2.24) is 20.6 Å². The number of nitrogens with zero attached hydrogens (tertiary/aromatic N) is 1. The summed E-state index contributed by atoms with van der Waals surface area (Å²) in [6.45, 7) is 2.17. The van der Waals surface area contributed by atoms with Crippen LogP contribution in [0, 0.1) is 0 Å². The maximum atomic E-state index is 12.4. The van der Waals surface area contributed by atoms with Gasteiger partial charge in [-0.3, -0.25) is 14.9 Å². The van der Waals surface area contributed by atoms with Gasteiger partial charge in [0.25, 0.3) is 5.56 Å². The smallest absolute Gasteiger partial charge is 0.321 e. The SMILES string of the molecule is CCNC(=O)NC(=O)[C@@H](Sc1nccc(=O)[nH]1)c1ccccc1. The van der Waals surface area contributed by atoms with Crippen molar-refractivity contribution in [2.24, 2.45) is 0 Å². The predicted octanol–water partition coefficient (Wildman–Crippen LogP) is 1.45. The summed E-state index contributed by atoms with van der Waals surface area (Å²) in [6, 6.07) is 9.69. The van der Waals surface area contributed by atoms with Crippen molar-refractivity contribution < 1.29 is 9.59 Å². The van der Waals surface area contributed by atoms with Crippen LogP contribution in [0.2, 0.25) is 0 Å². The van der Waals surface area contributed by atoms with Crippen molar-refractivity contribution in [3.05, 3.63) is 58.5 Å². The zero-order valence-electron chi connectivity index (χ0n) is 12.4. The number of urea groups is 1. The maximum absolute atomic E-state index is 12.4. The van der Waals surface area contributed by atoms with E-state index >= 15 is 0 Å². The molecule has 3 N–H and O–H groups in total. The van der Waals surface area contributed by atoms with Crippen LogP contribution in [0.3, 0.4) is 0 Å². The topological polar surface area (TPSA) is 104 Å². The predicted molar refractivity (Wildman–Crippen MR) is 87.1 cm³/mol. The normalized spacial score (nSPS) is 11.5. The van der Waals surface area contributed by atoms with Crippen LogP contribution in [-0.4, -0.2) is 28.5 Å². The minimum absolute atomic E-state index is 0.303. The number of thioether (sulfide) groups is 1. The second-order valence-corrected chi connectivity index (χ2v) is 5.59. The van der Waals surface area contributed by atoms with Gasteiger partial charge in [-0.1, -0.05) is 42.1 Å². The number of imide groups is 1. The number of amides is 3. The average molecular weight is 332 g/mol. The molecule has 2 rings (SSSR count). The summed E-state index contributed by atoms with van der Waals surface area (Å²) in [5, 5.41) is 4.37. The zero-order valence-corrected chi connectivity index (χ0v) is 13.2. The fraction of sp³-hybridized carbons (Fsp3) is 0.200. The van der Waals surface area contributed by atoms with Gasteiger partial charge in [-0.2, -0.15) is 0 Å². The van der Waals surface area contributed by atoms with Gasteiger partial charge in [0, 0.05) is 18.8 Å². The maximum Gasteiger partial charge on any atom is 0.321 e. The Morgan fingerprint density at radius 3 is 2.65 bits per heavy atom. The highest BCUT2D eigenvalue weighted by molar-refractivity contribution is 8.00. The first kappa shape index (κ1) is 16.8. The average Bonchev–Trinajstić information content (AvgIpc) is 2.53. The van der Waals surface area contributed by atoms with Gasteiger partial charge in [0.15, 0.2) is 5.16 Å². The fourth-order valence-electron chi connectivity index (χ4n) is 1.81. The number of nitrogens with one attached hydrogen (secondary N) is 3. The molecule has 120 valence electrons. The van der Waals surface area contributed by atoms with Crippen molar-refractivity contribution in [1.29, 1.82) is 0 Å². The van der Waals surface area contributed by atoms with Crippen LogP contribution < -0.4 is 16.2 Å². The van der Waals surface area contributed by atoms with Crippen molar-refractivity contribution in [2.75, 3.05) is 6.54 Å². The van der Waals surface area contributed by atoms with Gasteiger partial charge in [-0.05, 0) is 12.5 Å². The summed E-state index contributed by atoms with van der Waals surface area (Å²) < 4.78 is 0. The number of carbonyl (C=O) groups is 2. The Morgan fingerprint density at radius 2 is 2.00 bits per heavy atom. The van der Waals surface area contributed by atoms with E-state index in [-0.39, 0.29) is 5.56 Å². The van der Waals surface area contributed by atoms with E-state index < -0.39 is 17.2 Å². The van der Waals surface area contributed by atoms with E-state index in [1.54, 1.807) is 31.2 Å². The molecule has 0 fully saturated rings. The summed E-state index contributed by atoms with van der Waals surface area (Å²) in [4.78, 5) is 41.9. The lowest BCUT2D eigenvalue weighted by molar-refractivity contribution is -0.119. The third-order valence-corrected chi connectivity index (χ3v) is 3.94. The highest BCUT2D eigenvalue weighted by Gasteiger charge is 2.24. The van der Waals surface area contributed by atoms with Crippen molar-refractivity contribution in [3.63, 3.8) is 0 Å². The fourth-order valence-corrected chi connectivity index (χ4v) is 2.77. The van der Waals surface area contributed by atoms with Crippen LogP contribution in [0.1, 0.15) is 17.7 Å². The zero-order chi connectivity index (χ0) is 16.7. The van der Waals surface area contributed by atoms with Crippen LogP contribution in [0.5, 0.6) is 0 Å². The van der Waals surface area contributed by atoms with E-state index in [0.29, 0.717) is 17.3 Å². The molecule has 23 heavy (non-hydrogen) atoms. The molecule has 0 spiro atoms. The van der Waals surface area contributed by atoms with E-state index in [4.69, 9.17) is 0 Å². The van der Waals surface area contributed by atoms with Gasteiger partial charge < -0.3 is 10.3 Å². The summed E-state index contributed by atoms with van der Waals surface area (Å²) in [7, 11) is 0. The highest BCUT2D eigenvalue weighted by Crippen LogP contribution is 2.32. The Bertz CT molecular complexity index is 733. The number of benzene rings is 1. The van der Waals surface area contributed by atoms with Crippen LogP contribution in [0.4, 0.5) is 4.79 Å². The molecule has 1 aromatic carbocycles. The van der Waals surface area contributed by atoms with Gasteiger partial charge in [-0.15, -0.1) is 0 Å². The van der Waals surface area contributed by atoms with Gasteiger partial charge in [0.2, 0.25) is 5.91 Å². The molecule has 1 aromatic heterocycles. The molecular formula is C15H16N4O3S. The summed E-state index contributed by atoms with van der Waals surface area (Å²) in [5.74, 6) is -0.487. The lowest BCUT2D eigenvalue weighted by atomic mass is 10.1. The summed E-state index contributed by atoms with van der Waals surface area (Å²) >= 11 is 1.07. The molecule has 3 amide bonds. The monoisotopic (exact) mass is 332 g/mol. The Hall–Kier alpha value is -2.61. The van der Waals surface area contributed by atoms with Gasteiger partial charge in [0.05, 0.1) is 0 Å². The first-order valence-electron chi connectivity index (χ1n) is 6.95. The number of hydrogen-bond acceptors (Lipinski definition) is 5. The van der Waals surface area contributed by atoms with Gasteiger partial charge >= 0.3 is 6.03 Å². The first-order chi connectivity index (χ1) is 11.1. The van der Waals surface area contributed by atoms with Crippen molar-refractivity contribution in [3.8, 4) is 0 Å². The molecule has 0 saturated carbocycles. The molecule has 0 aliphatic rings. The molecule has 1 atom stereocenters. The molecule has 0 bridgehead atoms. The number of carbonyl (C=O) groups excluding carboxylic acids is 2. The van der Waals surface area contributed by atoms with E-state index in [1.807, 2.05) is 6.07 Å². The van der Waals surface area contributed by atoms with Crippen LogP contribution >= 0.6 is 11.8 Å². The Morgan fingerprint density at radius 1 is 1.26 bits per heavy atom. The standard InChI is InChI=1S/C15H16N4O3S/c1-2-16-14(22)19-13(21)12(10-6-4-3-5-7-10)23-15-17-9-8-11(20)18-15/h3-9,12H,2H2,1H3,(H,17,18,20)(H2,16,19,21,22)/t12-/m0/s1. The van der Waals surface area contributed by atoms with Crippen LogP contribution in [0.25, 0.3) is 0 Å².